The van der Waals surface area contributed by atoms with Gasteiger partial charge in [-0.15, -0.1) is 11.3 Å². The summed E-state index contributed by atoms with van der Waals surface area (Å²) in [5.74, 6) is 0. The number of benzene rings is 1. The van der Waals surface area contributed by atoms with Crippen LogP contribution in [0.4, 0.5) is 0 Å². The highest BCUT2D eigenvalue weighted by Crippen LogP contribution is 2.22. The summed E-state index contributed by atoms with van der Waals surface area (Å²) in [7, 11) is 0. The molecule has 0 spiro atoms. The van der Waals surface area contributed by atoms with Gasteiger partial charge in [-0.3, -0.25) is 0 Å². The fraction of sp³-hybridized carbons (Fsp3) is 0.286. The lowest BCUT2D eigenvalue weighted by atomic mass is 10.1. The first-order chi connectivity index (χ1) is 8.68. The van der Waals surface area contributed by atoms with E-state index in [1.54, 1.807) is 11.3 Å². The average Bonchev–Trinajstić information content (AvgIpc) is 2.90. The molecule has 1 aromatic carbocycles. The number of nitrogens with one attached hydrogen (secondary N) is 1. The van der Waals surface area contributed by atoms with E-state index in [1.165, 1.54) is 0 Å². The smallest absolute Gasteiger partial charge is 0.103 e. The fourth-order valence-electron chi connectivity index (χ4n) is 1.73. The molecule has 2 N–H and O–H groups in total. The van der Waals surface area contributed by atoms with Crippen molar-refractivity contribution in [2.45, 2.75) is 25.6 Å². The molecule has 0 radical (unpaired) electrons. The van der Waals surface area contributed by atoms with Gasteiger partial charge in [0, 0.05) is 22.5 Å². The molecule has 1 aromatic heterocycles. The molecule has 2 nitrogen and oxygen atoms in total. The Balaban J connectivity index is 1.92. The molecular weight excluding hydrogens is 266 g/mol. The Morgan fingerprint density at radius 2 is 2.06 bits per heavy atom. The van der Waals surface area contributed by atoms with E-state index in [1.807, 2.05) is 48.7 Å². The molecule has 2 rings (SSSR count). The normalized spacial score (nSPS) is 14.4. The Hall–Kier alpha value is -0.870. The van der Waals surface area contributed by atoms with Gasteiger partial charge >= 0.3 is 0 Å². The van der Waals surface area contributed by atoms with Gasteiger partial charge < -0.3 is 10.4 Å². The molecule has 0 saturated carbocycles. The number of hydrogen-bond donors (Lipinski definition) is 2. The van der Waals surface area contributed by atoms with E-state index in [-0.39, 0.29) is 6.04 Å². The van der Waals surface area contributed by atoms with E-state index in [0.717, 1.165) is 15.5 Å². The van der Waals surface area contributed by atoms with E-state index in [4.69, 9.17) is 11.6 Å². The third-order valence-corrected chi connectivity index (χ3v) is 4.19. The van der Waals surface area contributed by atoms with Crippen molar-refractivity contribution in [2.24, 2.45) is 0 Å². The van der Waals surface area contributed by atoms with Crippen molar-refractivity contribution in [3.63, 3.8) is 0 Å². The second-order valence-electron chi connectivity index (χ2n) is 4.22. The molecule has 96 valence electrons. The Labute approximate surface area is 116 Å². The van der Waals surface area contributed by atoms with Gasteiger partial charge in [0.25, 0.3) is 0 Å². The van der Waals surface area contributed by atoms with Crippen LogP contribution in [-0.4, -0.2) is 11.1 Å². The summed E-state index contributed by atoms with van der Waals surface area (Å²) in [5, 5.41) is 16.2. The molecule has 4 heteroatoms. The molecule has 2 atom stereocenters. The molecule has 0 aliphatic heterocycles. The van der Waals surface area contributed by atoms with Crippen molar-refractivity contribution in [1.82, 2.24) is 5.32 Å². The second-order valence-corrected chi connectivity index (χ2v) is 5.61. The van der Waals surface area contributed by atoms with Gasteiger partial charge in [0.15, 0.2) is 0 Å². The number of rotatable bonds is 5. The molecule has 0 aliphatic carbocycles. The van der Waals surface area contributed by atoms with Gasteiger partial charge in [0.2, 0.25) is 0 Å². The quantitative estimate of drug-likeness (QED) is 0.877. The summed E-state index contributed by atoms with van der Waals surface area (Å²) in [5.41, 5.74) is 1.05. The highest BCUT2D eigenvalue weighted by molar-refractivity contribution is 7.10. The van der Waals surface area contributed by atoms with Crippen LogP contribution in [0, 0.1) is 0 Å². The van der Waals surface area contributed by atoms with Crippen LogP contribution >= 0.6 is 22.9 Å². The highest BCUT2D eigenvalue weighted by atomic mass is 35.5. The molecule has 0 aliphatic rings. The zero-order valence-corrected chi connectivity index (χ0v) is 11.7. The molecular formula is C14H16ClNOS. The summed E-state index contributed by atoms with van der Waals surface area (Å²) >= 11 is 7.65. The SMILES string of the molecule is CC(NCc1ccccc1Cl)C(O)c1cccs1. The maximum atomic E-state index is 10.1. The van der Waals surface area contributed by atoms with Gasteiger partial charge in [-0.25, -0.2) is 0 Å². The van der Waals surface area contributed by atoms with Crippen molar-refractivity contribution in [3.05, 3.63) is 57.2 Å². The van der Waals surface area contributed by atoms with Crippen LogP contribution < -0.4 is 5.32 Å². The summed E-state index contributed by atoms with van der Waals surface area (Å²) in [6, 6.07) is 11.6. The zero-order valence-electron chi connectivity index (χ0n) is 10.1. The lowest BCUT2D eigenvalue weighted by Gasteiger charge is -2.19. The van der Waals surface area contributed by atoms with Crippen LogP contribution in [0.3, 0.4) is 0 Å². The minimum absolute atomic E-state index is 0.0140. The lowest BCUT2D eigenvalue weighted by Crippen LogP contribution is -2.31. The van der Waals surface area contributed by atoms with E-state index in [0.29, 0.717) is 6.54 Å². The maximum absolute atomic E-state index is 10.1. The van der Waals surface area contributed by atoms with E-state index in [2.05, 4.69) is 5.32 Å². The molecule has 0 saturated heterocycles. The summed E-state index contributed by atoms with van der Waals surface area (Å²) in [6.45, 7) is 2.63. The third kappa shape index (κ3) is 3.33. The first-order valence-electron chi connectivity index (χ1n) is 5.86. The highest BCUT2D eigenvalue weighted by Gasteiger charge is 2.16. The maximum Gasteiger partial charge on any atom is 0.103 e. The minimum Gasteiger partial charge on any atom is -0.386 e. The zero-order chi connectivity index (χ0) is 13.0. The Morgan fingerprint density at radius 3 is 2.72 bits per heavy atom. The van der Waals surface area contributed by atoms with E-state index in [9.17, 15) is 5.11 Å². The Kier molecular flexibility index (Phi) is 4.78. The van der Waals surface area contributed by atoms with Gasteiger partial charge in [-0.2, -0.15) is 0 Å². The molecule has 18 heavy (non-hydrogen) atoms. The van der Waals surface area contributed by atoms with Crippen LogP contribution in [0.15, 0.2) is 41.8 Å². The fourth-order valence-corrected chi connectivity index (χ4v) is 2.75. The topological polar surface area (TPSA) is 32.3 Å². The number of halogens is 1. The number of aliphatic hydroxyl groups is 1. The first-order valence-corrected chi connectivity index (χ1v) is 7.12. The van der Waals surface area contributed by atoms with Crippen LogP contribution in [0.5, 0.6) is 0 Å². The van der Waals surface area contributed by atoms with Crippen LogP contribution in [-0.2, 0) is 6.54 Å². The van der Waals surface area contributed by atoms with Gasteiger partial charge in [0.05, 0.1) is 0 Å². The van der Waals surface area contributed by atoms with Crippen molar-refractivity contribution in [1.29, 1.82) is 0 Å². The van der Waals surface area contributed by atoms with Crippen LogP contribution in [0.1, 0.15) is 23.5 Å². The van der Waals surface area contributed by atoms with Crippen molar-refractivity contribution in [3.8, 4) is 0 Å². The standard InChI is InChI=1S/C14H16ClNOS/c1-10(14(17)13-7-4-8-18-13)16-9-11-5-2-3-6-12(11)15/h2-8,10,14,16-17H,9H2,1H3. The van der Waals surface area contributed by atoms with Gasteiger partial charge in [-0.05, 0) is 30.0 Å². The summed E-state index contributed by atoms with van der Waals surface area (Å²) < 4.78 is 0. The lowest BCUT2D eigenvalue weighted by molar-refractivity contribution is 0.139. The molecule has 2 unspecified atom stereocenters. The molecule has 0 amide bonds. The van der Waals surface area contributed by atoms with Gasteiger partial charge in [-0.1, -0.05) is 35.9 Å². The average molecular weight is 282 g/mol. The van der Waals surface area contributed by atoms with Crippen molar-refractivity contribution >= 4 is 22.9 Å². The number of thiophene rings is 1. The molecule has 0 fully saturated rings. The first kappa shape index (κ1) is 13.6. The largest absolute Gasteiger partial charge is 0.386 e. The van der Waals surface area contributed by atoms with Crippen molar-refractivity contribution < 1.29 is 5.11 Å². The predicted octanol–water partition coefficient (Wildman–Crippen LogP) is 3.61. The molecule has 0 bridgehead atoms. The number of aliphatic hydroxyl groups excluding tert-OH is 1. The molecule has 1 heterocycles. The van der Waals surface area contributed by atoms with Gasteiger partial charge in [0.1, 0.15) is 6.10 Å². The summed E-state index contributed by atoms with van der Waals surface area (Å²) in [6.07, 6.45) is -0.479. The monoisotopic (exact) mass is 281 g/mol. The predicted molar refractivity (Wildman–Crippen MR) is 77.0 cm³/mol. The Bertz CT molecular complexity index is 486. The van der Waals surface area contributed by atoms with E-state index >= 15 is 0 Å². The third-order valence-electron chi connectivity index (χ3n) is 2.88. The summed E-state index contributed by atoms with van der Waals surface area (Å²) in [4.78, 5) is 0.981. The van der Waals surface area contributed by atoms with Crippen LogP contribution in [0.25, 0.3) is 0 Å². The molecule has 2 aromatic rings. The second kappa shape index (κ2) is 6.34. The Morgan fingerprint density at radius 1 is 1.28 bits per heavy atom. The minimum atomic E-state index is -0.479. The van der Waals surface area contributed by atoms with Crippen molar-refractivity contribution in [2.75, 3.05) is 0 Å². The van der Waals surface area contributed by atoms with Crippen LogP contribution in [0.2, 0.25) is 5.02 Å². The number of hydrogen-bond acceptors (Lipinski definition) is 3. The van der Waals surface area contributed by atoms with E-state index < -0.39 is 6.10 Å².